The van der Waals surface area contributed by atoms with E-state index in [2.05, 4.69) is 126 Å². The van der Waals surface area contributed by atoms with E-state index in [0.717, 1.165) is 19.5 Å². The highest BCUT2D eigenvalue weighted by Crippen LogP contribution is 2.26. The molecule has 4 aromatic rings. The van der Waals surface area contributed by atoms with E-state index in [1.165, 1.54) is 22.3 Å². The summed E-state index contributed by atoms with van der Waals surface area (Å²) in [4.78, 5) is 0. The highest BCUT2D eigenvalue weighted by molar-refractivity contribution is 5.28. The quantitative estimate of drug-likeness (QED) is 0.403. The molecule has 0 aliphatic carbocycles. The van der Waals surface area contributed by atoms with Crippen molar-refractivity contribution in [2.75, 3.05) is 0 Å². The molecule has 0 fully saturated rings. The van der Waals surface area contributed by atoms with Crippen molar-refractivity contribution in [2.24, 2.45) is 0 Å². The lowest BCUT2D eigenvalue weighted by Gasteiger charge is -2.14. The Balaban J connectivity index is 1.46. The second kappa shape index (κ2) is 9.29. The van der Waals surface area contributed by atoms with Gasteiger partial charge in [-0.1, -0.05) is 67.6 Å². The van der Waals surface area contributed by atoms with Crippen molar-refractivity contribution in [1.29, 1.82) is 0 Å². The van der Waals surface area contributed by atoms with E-state index in [0.29, 0.717) is 5.92 Å². The van der Waals surface area contributed by atoms with Crippen LogP contribution in [0.15, 0.2) is 110 Å². The number of aromatic nitrogens is 2. The molecule has 0 unspecified atom stereocenters. The summed E-state index contributed by atoms with van der Waals surface area (Å²) >= 11 is 0. The van der Waals surface area contributed by atoms with E-state index in [1.54, 1.807) is 0 Å². The van der Waals surface area contributed by atoms with Gasteiger partial charge in [0.2, 0.25) is 0 Å². The molecule has 0 saturated heterocycles. The molecule has 0 N–H and O–H groups in total. The fourth-order valence-corrected chi connectivity index (χ4v) is 3.87. The molecular weight excluding hydrogens is 352 g/mol. The van der Waals surface area contributed by atoms with Crippen LogP contribution in [0.5, 0.6) is 0 Å². The molecule has 0 bridgehead atoms. The SMILES string of the molecule is CCC(c1cc[n+](Cc2ccccc2)cc1)c1cc[n+](Cc2ccccc2)cc1. The predicted octanol–water partition coefficient (Wildman–Crippen LogP) is 4.90. The maximum Gasteiger partial charge on any atom is 0.173 e. The Labute approximate surface area is 173 Å². The van der Waals surface area contributed by atoms with Crippen molar-refractivity contribution in [3.8, 4) is 0 Å². The van der Waals surface area contributed by atoms with E-state index >= 15 is 0 Å². The van der Waals surface area contributed by atoms with Crippen molar-refractivity contribution in [2.45, 2.75) is 32.4 Å². The lowest BCUT2D eigenvalue weighted by Crippen LogP contribution is -2.33. The van der Waals surface area contributed by atoms with E-state index in [4.69, 9.17) is 0 Å². The normalized spacial score (nSPS) is 11.0. The third-order valence-corrected chi connectivity index (χ3v) is 5.46. The Morgan fingerprint density at radius 3 is 1.28 bits per heavy atom. The third-order valence-electron chi connectivity index (χ3n) is 5.46. The number of pyridine rings is 2. The van der Waals surface area contributed by atoms with Crippen molar-refractivity contribution in [1.82, 2.24) is 0 Å². The van der Waals surface area contributed by atoms with Gasteiger partial charge in [-0.2, -0.15) is 0 Å². The van der Waals surface area contributed by atoms with Crippen LogP contribution in [0.3, 0.4) is 0 Å². The fourth-order valence-electron chi connectivity index (χ4n) is 3.87. The monoisotopic (exact) mass is 380 g/mol. The van der Waals surface area contributed by atoms with Crippen molar-refractivity contribution in [3.63, 3.8) is 0 Å². The Bertz CT molecular complexity index is 923. The molecule has 0 aliphatic rings. The van der Waals surface area contributed by atoms with Crippen LogP contribution in [0.1, 0.15) is 41.5 Å². The molecule has 2 aromatic heterocycles. The van der Waals surface area contributed by atoms with Gasteiger partial charge in [0.1, 0.15) is 0 Å². The van der Waals surface area contributed by atoms with Crippen LogP contribution < -0.4 is 9.13 Å². The Morgan fingerprint density at radius 2 is 0.931 bits per heavy atom. The molecule has 144 valence electrons. The average Bonchev–Trinajstić information content (AvgIpc) is 2.78. The van der Waals surface area contributed by atoms with Crippen LogP contribution in [0.4, 0.5) is 0 Å². The molecule has 2 nitrogen and oxygen atoms in total. The highest BCUT2D eigenvalue weighted by atomic mass is 14.9. The van der Waals surface area contributed by atoms with Gasteiger partial charge in [-0.3, -0.25) is 0 Å². The van der Waals surface area contributed by atoms with Crippen molar-refractivity contribution < 1.29 is 9.13 Å². The first kappa shape index (κ1) is 19.1. The van der Waals surface area contributed by atoms with Crippen LogP contribution in [-0.2, 0) is 13.1 Å². The fraction of sp³-hybridized carbons (Fsp3) is 0.185. The second-order valence-electron chi connectivity index (χ2n) is 7.54. The van der Waals surface area contributed by atoms with Gasteiger partial charge >= 0.3 is 0 Å². The Kier molecular flexibility index (Phi) is 6.11. The third kappa shape index (κ3) is 4.97. The summed E-state index contributed by atoms with van der Waals surface area (Å²) in [5, 5.41) is 0. The van der Waals surface area contributed by atoms with Gasteiger partial charge in [0.25, 0.3) is 0 Å². The maximum atomic E-state index is 2.27. The van der Waals surface area contributed by atoms with Gasteiger partial charge in [0.15, 0.2) is 37.9 Å². The van der Waals surface area contributed by atoms with Gasteiger partial charge < -0.3 is 0 Å². The molecular formula is C27H28N2+2. The summed E-state index contributed by atoms with van der Waals surface area (Å²) < 4.78 is 4.48. The second-order valence-corrected chi connectivity index (χ2v) is 7.54. The van der Waals surface area contributed by atoms with Crippen LogP contribution in [0, 0.1) is 0 Å². The standard InChI is InChI=1S/C27H28N2/c1-2-27(25-13-17-28(18-14-25)21-23-9-5-3-6-10-23)26-15-19-29(20-16-26)22-24-11-7-4-8-12-24/h3-20,27H,2,21-22H2,1H3/q+2. The first-order chi connectivity index (χ1) is 14.3. The van der Waals surface area contributed by atoms with Gasteiger partial charge in [-0.05, 0) is 17.5 Å². The minimum absolute atomic E-state index is 0.424. The maximum absolute atomic E-state index is 2.27. The van der Waals surface area contributed by atoms with E-state index in [1.807, 2.05) is 0 Å². The summed E-state index contributed by atoms with van der Waals surface area (Å²) in [5.74, 6) is 0.424. The highest BCUT2D eigenvalue weighted by Gasteiger charge is 2.15. The topological polar surface area (TPSA) is 7.76 Å². The van der Waals surface area contributed by atoms with E-state index < -0.39 is 0 Å². The smallest absolute Gasteiger partial charge is 0.173 e. The van der Waals surface area contributed by atoms with Crippen molar-refractivity contribution >= 4 is 0 Å². The zero-order valence-corrected chi connectivity index (χ0v) is 17.0. The molecule has 2 heterocycles. The van der Waals surface area contributed by atoms with Gasteiger partial charge in [0.05, 0.1) is 0 Å². The first-order valence-corrected chi connectivity index (χ1v) is 10.4. The van der Waals surface area contributed by atoms with E-state index in [-0.39, 0.29) is 0 Å². The van der Waals surface area contributed by atoms with Gasteiger partial charge in [0, 0.05) is 41.3 Å². The van der Waals surface area contributed by atoms with E-state index in [9.17, 15) is 0 Å². The summed E-state index contributed by atoms with van der Waals surface area (Å²) in [6.45, 7) is 4.08. The van der Waals surface area contributed by atoms with Crippen molar-refractivity contribution in [3.05, 3.63) is 132 Å². The molecule has 0 saturated carbocycles. The Hall–Kier alpha value is -3.26. The minimum Gasteiger partial charge on any atom is -0.201 e. The van der Waals surface area contributed by atoms with Gasteiger partial charge in [-0.15, -0.1) is 0 Å². The molecule has 0 aliphatic heterocycles. The summed E-state index contributed by atoms with van der Waals surface area (Å²) in [7, 11) is 0. The zero-order chi connectivity index (χ0) is 19.9. The number of benzene rings is 2. The minimum atomic E-state index is 0.424. The molecule has 2 heteroatoms. The number of hydrogen-bond donors (Lipinski definition) is 0. The molecule has 2 aromatic carbocycles. The van der Waals surface area contributed by atoms with Crippen LogP contribution in [0.2, 0.25) is 0 Å². The first-order valence-electron chi connectivity index (χ1n) is 10.4. The summed E-state index contributed by atoms with van der Waals surface area (Å²) in [6, 6.07) is 30.2. The van der Waals surface area contributed by atoms with Crippen LogP contribution >= 0.6 is 0 Å². The molecule has 0 atom stereocenters. The average molecular weight is 381 g/mol. The molecule has 0 amide bonds. The molecule has 0 radical (unpaired) electrons. The largest absolute Gasteiger partial charge is 0.201 e. The predicted molar refractivity (Wildman–Crippen MR) is 116 cm³/mol. The summed E-state index contributed by atoms with van der Waals surface area (Å²) in [6.07, 6.45) is 9.88. The van der Waals surface area contributed by atoms with Crippen LogP contribution in [0.25, 0.3) is 0 Å². The lowest BCUT2D eigenvalue weighted by molar-refractivity contribution is -0.688. The van der Waals surface area contributed by atoms with Gasteiger partial charge in [-0.25, -0.2) is 9.13 Å². The number of hydrogen-bond acceptors (Lipinski definition) is 0. The molecule has 4 rings (SSSR count). The molecule has 0 spiro atoms. The number of nitrogens with zero attached hydrogens (tertiary/aromatic N) is 2. The summed E-state index contributed by atoms with van der Waals surface area (Å²) in [5.41, 5.74) is 5.39. The number of rotatable bonds is 7. The van der Waals surface area contributed by atoms with Crippen LogP contribution in [-0.4, -0.2) is 0 Å². The lowest BCUT2D eigenvalue weighted by atomic mass is 9.90. The molecule has 29 heavy (non-hydrogen) atoms. The Morgan fingerprint density at radius 1 is 0.552 bits per heavy atom. The zero-order valence-electron chi connectivity index (χ0n) is 17.0.